The third-order valence-corrected chi connectivity index (χ3v) is 5.01. The highest BCUT2D eigenvalue weighted by atomic mass is 79.9. The molecule has 0 aliphatic rings. The van der Waals surface area contributed by atoms with Crippen LogP contribution in [0.4, 0.5) is 11.5 Å². The Kier molecular flexibility index (Phi) is 4.78. The summed E-state index contributed by atoms with van der Waals surface area (Å²) in [6, 6.07) is 14.7. The van der Waals surface area contributed by atoms with Crippen LogP contribution in [0.2, 0.25) is 0 Å². The molecule has 0 aliphatic carbocycles. The van der Waals surface area contributed by atoms with Crippen LogP contribution >= 0.6 is 15.9 Å². The summed E-state index contributed by atoms with van der Waals surface area (Å²) in [5.41, 5.74) is 9.31. The van der Waals surface area contributed by atoms with Crippen molar-refractivity contribution in [3.8, 4) is 11.8 Å². The Bertz CT molecular complexity index is 1020. The van der Waals surface area contributed by atoms with Gasteiger partial charge < -0.3 is 10.6 Å². The number of amides is 1. The molecule has 1 amide bonds. The number of aromatic nitrogens is 2. The van der Waals surface area contributed by atoms with E-state index in [4.69, 9.17) is 11.0 Å². The zero-order valence-corrected chi connectivity index (χ0v) is 15.9. The standard InChI is InChI=1S/C19H16BrN5O/c1-12-9-16(7-8-17(12)20)24(2)19(26)13-3-5-15(6-4-13)25-18(22)14(10-21)11-23-25/h3-9,11H,22H2,1-2H3. The summed E-state index contributed by atoms with van der Waals surface area (Å²) in [6.45, 7) is 1.98. The molecule has 2 aromatic carbocycles. The lowest BCUT2D eigenvalue weighted by atomic mass is 10.1. The van der Waals surface area contributed by atoms with E-state index in [0.29, 0.717) is 16.8 Å². The molecule has 3 aromatic rings. The number of aryl methyl sites for hydroxylation is 1. The van der Waals surface area contributed by atoms with Crippen molar-refractivity contribution in [1.82, 2.24) is 9.78 Å². The van der Waals surface area contributed by atoms with Crippen molar-refractivity contribution < 1.29 is 4.79 Å². The van der Waals surface area contributed by atoms with Gasteiger partial charge in [0.05, 0.1) is 11.9 Å². The fraction of sp³-hybridized carbons (Fsp3) is 0.105. The third kappa shape index (κ3) is 3.19. The van der Waals surface area contributed by atoms with Crippen LogP contribution in [0.1, 0.15) is 21.5 Å². The normalized spacial score (nSPS) is 10.4. The Morgan fingerprint density at radius 1 is 1.27 bits per heavy atom. The molecule has 0 unspecified atom stereocenters. The number of anilines is 2. The van der Waals surface area contributed by atoms with Crippen molar-refractivity contribution in [3.63, 3.8) is 0 Å². The number of hydrogen-bond acceptors (Lipinski definition) is 4. The zero-order chi connectivity index (χ0) is 18.8. The van der Waals surface area contributed by atoms with Gasteiger partial charge in [-0.05, 0) is 55.0 Å². The number of nitrogens with zero attached hydrogens (tertiary/aromatic N) is 4. The lowest BCUT2D eigenvalue weighted by Gasteiger charge is -2.18. The van der Waals surface area contributed by atoms with E-state index in [1.54, 1.807) is 36.2 Å². The van der Waals surface area contributed by atoms with Crippen LogP contribution in [0.25, 0.3) is 5.69 Å². The second-order valence-corrected chi connectivity index (χ2v) is 6.67. The van der Waals surface area contributed by atoms with Gasteiger partial charge in [-0.2, -0.15) is 10.4 Å². The zero-order valence-electron chi connectivity index (χ0n) is 14.3. The smallest absolute Gasteiger partial charge is 0.258 e. The molecule has 2 N–H and O–H groups in total. The SMILES string of the molecule is Cc1cc(N(C)C(=O)c2ccc(-n3ncc(C#N)c3N)cc2)ccc1Br. The molecule has 6 nitrogen and oxygen atoms in total. The molecule has 7 heteroatoms. The Morgan fingerprint density at radius 2 is 1.96 bits per heavy atom. The van der Waals surface area contributed by atoms with Crippen LogP contribution in [0.5, 0.6) is 0 Å². The molecule has 0 spiro atoms. The minimum absolute atomic E-state index is 0.121. The molecule has 3 rings (SSSR count). The maximum Gasteiger partial charge on any atom is 0.258 e. The number of benzene rings is 2. The highest BCUT2D eigenvalue weighted by Gasteiger charge is 2.15. The maximum atomic E-state index is 12.7. The Hall–Kier alpha value is -3.11. The molecule has 130 valence electrons. The van der Waals surface area contributed by atoms with E-state index >= 15 is 0 Å². The van der Waals surface area contributed by atoms with Crippen molar-refractivity contribution in [1.29, 1.82) is 5.26 Å². The monoisotopic (exact) mass is 409 g/mol. The van der Waals surface area contributed by atoms with Gasteiger partial charge in [0.25, 0.3) is 5.91 Å². The molecular weight excluding hydrogens is 394 g/mol. The van der Waals surface area contributed by atoms with Crippen molar-refractivity contribution in [2.75, 3.05) is 17.7 Å². The summed E-state index contributed by atoms with van der Waals surface area (Å²) < 4.78 is 2.47. The maximum absolute atomic E-state index is 12.7. The fourth-order valence-electron chi connectivity index (χ4n) is 2.54. The number of nitriles is 1. The summed E-state index contributed by atoms with van der Waals surface area (Å²) in [4.78, 5) is 14.3. The lowest BCUT2D eigenvalue weighted by molar-refractivity contribution is 0.0993. The fourth-order valence-corrected chi connectivity index (χ4v) is 2.79. The van der Waals surface area contributed by atoms with Crippen LogP contribution in [0.3, 0.4) is 0 Å². The van der Waals surface area contributed by atoms with E-state index in [1.165, 1.54) is 10.9 Å². The second kappa shape index (κ2) is 7.02. The van der Waals surface area contributed by atoms with E-state index in [-0.39, 0.29) is 11.7 Å². The number of nitrogens with two attached hydrogens (primary N) is 1. The average Bonchev–Trinajstić information content (AvgIpc) is 3.03. The van der Waals surface area contributed by atoms with Gasteiger partial charge in [0.1, 0.15) is 17.5 Å². The van der Waals surface area contributed by atoms with E-state index in [9.17, 15) is 4.79 Å². The van der Waals surface area contributed by atoms with Gasteiger partial charge in [0, 0.05) is 22.8 Å². The third-order valence-electron chi connectivity index (χ3n) is 4.12. The number of halogens is 1. The van der Waals surface area contributed by atoms with Gasteiger partial charge in [-0.3, -0.25) is 4.79 Å². The molecule has 0 saturated heterocycles. The molecule has 1 heterocycles. The second-order valence-electron chi connectivity index (χ2n) is 5.81. The first-order valence-corrected chi connectivity index (χ1v) is 8.60. The number of hydrogen-bond donors (Lipinski definition) is 1. The minimum Gasteiger partial charge on any atom is -0.382 e. The quantitative estimate of drug-likeness (QED) is 0.714. The Labute approximate surface area is 159 Å². The summed E-state index contributed by atoms with van der Waals surface area (Å²) in [6.07, 6.45) is 1.41. The molecule has 0 saturated carbocycles. The van der Waals surface area contributed by atoms with Gasteiger partial charge in [-0.15, -0.1) is 0 Å². The Morgan fingerprint density at radius 3 is 2.54 bits per heavy atom. The van der Waals surface area contributed by atoms with Crippen molar-refractivity contribution >= 4 is 33.3 Å². The largest absolute Gasteiger partial charge is 0.382 e. The predicted octanol–water partition coefficient (Wildman–Crippen LogP) is 3.67. The summed E-state index contributed by atoms with van der Waals surface area (Å²) in [5.74, 6) is 0.151. The van der Waals surface area contributed by atoms with E-state index in [2.05, 4.69) is 21.0 Å². The van der Waals surface area contributed by atoms with Crippen LogP contribution in [-0.4, -0.2) is 22.7 Å². The summed E-state index contributed by atoms with van der Waals surface area (Å²) in [7, 11) is 1.74. The van der Waals surface area contributed by atoms with Gasteiger partial charge in [-0.25, -0.2) is 4.68 Å². The molecule has 0 radical (unpaired) electrons. The van der Waals surface area contributed by atoms with E-state index in [0.717, 1.165) is 15.7 Å². The van der Waals surface area contributed by atoms with Crippen LogP contribution < -0.4 is 10.6 Å². The summed E-state index contributed by atoms with van der Waals surface area (Å²) >= 11 is 3.46. The molecule has 0 atom stereocenters. The van der Waals surface area contributed by atoms with Gasteiger partial charge in [0.15, 0.2) is 0 Å². The first-order valence-electron chi connectivity index (χ1n) is 7.80. The molecule has 1 aromatic heterocycles. The lowest BCUT2D eigenvalue weighted by Crippen LogP contribution is -2.26. The highest BCUT2D eigenvalue weighted by molar-refractivity contribution is 9.10. The minimum atomic E-state index is -0.121. The number of rotatable bonds is 3. The number of nitrogen functional groups attached to an aromatic ring is 1. The van der Waals surface area contributed by atoms with Gasteiger partial charge >= 0.3 is 0 Å². The van der Waals surface area contributed by atoms with Crippen molar-refractivity contribution in [2.45, 2.75) is 6.92 Å². The molecule has 0 fully saturated rings. The molecule has 26 heavy (non-hydrogen) atoms. The molecular formula is C19H16BrN5O. The van der Waals surface area contributed by atoms with Crippen molar-refractivity contribution in [3.05, 3.63) is 69.8 Å². The van der Waals surface area contributed by atoms with Gasteiger partial charge in [0.2, 0.25) is 0 Å². The van der Waals surface area contributed by atoms with E-state index in [1.807, 2.05) is 31.2 Å². The Balaban J connectivity index is 1.85. The van der Waals surface area contributed by atoms with Crippen LogP contribution in [0, 0.1) is 18.3 Å². The molecule has 0 bridgehead atoms. The van der Waals surface area contributed by atoms with Crippen LogP contribution in [-0.2, 0) is 0 Å². The first kappa shape index (κ1) is 17.7. The summed E-state index contributed by atoms with van der Waals surface area (Å²) in [5, 5.41) is 13.1. The first-order chi connectivity index (χ1) is 12.4. The van der Waals surface area contributed by atoms with Crippen LogP contribution in [0.15, 0.2) is 53.1 Å². The average molecular weight is 410 g/mol. The molecule has 0 aliphatic heterocycles. The van der Waals surface area contributed by atoms with E-state index < -0.39 is 0 Å². The number of carbonyl (C=O) groups excluding carboxylic acids is 1. The van der Waals surface area contributed by atoms with Gasteiger partial charge in [-0.1, -0.05) is 15.9 Å². The number of carbonyl (C=O) groups is 1. The predicted molar refractivity (Wildman–Crippen MR) is 104 cm³/mol. The highest BCUT2D eigenvalue weighted by Crippen LogP contribution is 2.24. The van der Waals surface area contributed by atoms with Crippen molar-refractivity contribution in [2.24, 2.45) is 0 Å². The topological polar surface area (TPSA) is 87.9 Å².